The molecular formula is C8H18N4O2. The van der Waals surface area contributed by atoms with Gasteiger partial charge in [-0.1, -0.05) is 19.8 Å². The average molecular weight is 202 g/mol. The fourth-order valence-electron chi connectivity index (χ4n) is 1.09. The molecular weight excluding hydrogens is 184 g/mol. The topological polar surface area (TPSA) is 114 Å². The number of hydrogen-bond acceptors (Lipinski definition) is 3. The largest absolute Gasteiger partial charge is 0.481 e. The van der Waals surface area contributed by atoms with Crippen LogP contribution in [0.1, 0.15) is 32.6 Å². The fourth-order valence-corrected chi connectivity index (χ4v) is 1.09. The summed E-state index contributed by atoms with van der Waals surface area (Å²) in [5.74, 6) is 4.23. The molecule has 0 aromatic carbocycles. The van der Waals surface area contributed by atoms with Crippen molar-refractivity contribution in [3.63, 3.8) is 0 Å². The highest BCUT2D eigenvalue weighted by molar-refractivity contribution is 5.77. The van der Waals surface area contributed by atoms with E-state index >= 15 is 0 Å². The molecule has 0 bridgehead atoms. The number of hydrazine groups is 1. The van der Waals surface area contributed by atoms with Crippen molar-refractivity contribution >= 4 is 11.9 Å². The molecule has 6 N–H and O–H groups in total. The van der Waals surface area contributed by atoms with Crippen molar-refractivity contribution in [1.82, 2.24) is 5.43 Å². The number of nitrogens with two attached hydrogens (primary N) is 2. The molecule has 0 rings (SSSR count). The van der Waals surface area contributed by atoms with Gasteiger partial charge in [-0.25, -0.2) is 10.8 Å². The van der Waals surface area contributed by atoms with Crippen LogP contribution in [0.4, 0.5) is 0 Å². The molecule has 0 unspecified atom stereocenters. The van der Waals surface area contributed by atoms with Crippen LogP contribution in [-0.2, 0) is 4.79 Å². The molecule has 0 spiro atoms. The van der Waals surface area contributed by atoms with E-state index in [1.54, 1.807) is 0 Å². The van der Waals surface area contributed by atoms with Crippen LogP contribution in [0, 0.1) is 0 Å². The number of nitrogens with zero attached hydrogens (tertiary/aromatic N) is 1. The first kappa shape index (κ1) is 12.7. The zero-order valence-electron chi connectivity index (χ0n) is 8.36. The van der Waals surface area contributed by atoms with Crippen molar-refractivity contribution in [2.45, 2.75) is 38.6 Å². The summed E-state index contributed by atoms with van der Waals surface area (Å²) in [6.07, 6.45) is 2.63. The van der Waals surface area contributed by atoms with E-state index in [1.165, 1.54) is 0 Å². The number of carboxylic acids is 1. The Balaban J connectivity index is 4.16. The Kier molecular flexibility index (Phi) is 6.47. The SMILES string of the molecule is CCCC[C@@H](CC(=O)O)N=C(N)NN. The van der Waals surface area contributed by atoms with Gasteiger partial charge in [0.05, 0.1) is 12.5 Å². The molecule has 0 heterocycles. The number of aliphatic carboxylic acids is 1. The first-order valence-corrected chi connectivity index (χ1v) is 4.61. The van der Waals surface area contributed by atoms with Crippen LogP contribution in [0.25, 0.3) is 0 Å². The predicted octanol–water partition coefficient (Wildman–Crippen LogP) is -0.202. The third kappa shape index (κ3) is 6.24. The molecule has 0 radical (unpaired) electrons. The Morgan fingerprint density at radius 2 is 2.29 bits per heavy atom. The molecule has 0 aromatic rings. The standard InChI is InChI=1S/C8H18N4O2/c1-2-3-4-6(5-7(13)14)11-8(9)12-10/h6H,2-5,10H2,1H3,(H,13,14)(H3,9,11,12)/t6-/m0/s1. The van der Waals surface area contributed by atoms with E-state index in [2.05, 4.69) is 10.4 Å². The molecule has 0 aliphatic heterocycles. The smallest absolute Gasteiger partial charge is 0.305 e. The molecule has 0 fully saturated rings. The highest BCUT2D eigenvalue weighted by atomic mass is 16.4. The fraction of sp³-hybridized carbons (Fsp3) is 0.750. The van der Waals surface area contributed by atoms with Crippen LogP contribution >= 0.6 is 0 Å². The molecule has 82 valence electrons. The zero-order chi connectivity index (χ0) is 11.0. The molecule has 14 heavy (non-hydrogen) atoms. The summed E-state index contributed by atoms with van der Waals surface area (Å²) in [7, 11) is 0. The van der Waals surface area contributed by atoms with E-state index in [1.807, 2.05) is 6.92 Å². The van der Waals surface area contributed by atoms with Crippen molar-refractivity contribution in [3.8, 4) is 0 Å². The van der Waals surface area contributed by atoms with Gasteiger partial charge in [-0.3, -0.25) is 10.2 Å². The number of guanidine groups is 1. The third-order valence-corrected chi connectivity index (χ3v) is 1.77. The van der Waals surface area contributed by atoms with E-state index in [9.17, 15) is 4.79 Å². The summed E-state index contributed by atoms with van der Waals surface area (Å²) in [5, 5.41) is 8.61. The first-order valence-electron chi connectivity index (χ1n) is 4.61. The quantitative estimate of drug-likeness (QED) is 0.206. The summed E-state index contributed by atoms with van der Waals surface area (Å²) < 4.78 is 0. The Labute approximate surface area is 83.3 Å². The van der Waals surface area contributed by atoms with E-state index < -0.39 is 5.97 Å². The maximum atomic E-state index is 10.5. The number of carboxylic acid groups (broad SMARTS) is 1. The van der Waals surface area contributed by atoms with Gasteiger partial charge in [-0.2, -0.15) is 0 Å². The minimum atomic E-state index is -0.875. The Morgan fingerprint density at radius 1 is 1.64 bits per heavy atom. The number of carbonyl (C=O) groups is 1. The summed E-state index contributed by atoms with van der Waals surface area (Å²) in [5.41, 5.74) is 7.52. The lowest BCUT2D eigenvalue weighted by atomic mass is 10.1. The van der Waals surface area contributed by atoms with Crippen LogP contribution < -0.4 is 17.0 Å². The molecule has 0 saturated heterocycles. The highest BCUT2D eigenvalue weighted by Crippen LogP contribution is 2.08. The van der Waals surface area contributed by atoms with E-state index in [-0.39, 0.29) is 18.4 Å². The van der Waals surface area contributed by atoms with Gasteiger partial charge in [0, 0.05) is 0 Å². The van der Waals surface area contributed by atoms with Gasteiger partial charge in [0.2, 0.25) is 5.96 Å². The lowest BCUT2D eigenvalue weighted by Crippen LogP contribution is -2.38. The molecule has 0 amide bonds. The Morgan fingerprint density at radius 3 is 2.71 bits per heavy atom. The second-order valence-corrected chi connectivity index (χ2v) is 3.05. The summed E-state index contributed by atoms with van der Waals surface area (Å²) in [6.45, 7) is 2.03. The summed E-state index contributed by atoms with van der Waals surface area (Å²) in [4.78, 5) is 14.4. The predicted molar refractivity (Wildman–Crippen MR) is 54.5 cm³/mol. The maximum Gasteiger partial charge on any atom is 0.305 e. The number of unbranched alkanes of at least 4 members (excludes halogenated alkanes) is 1. The van der Waals surface area contributed by atoms with Crippen LogP contribution in [0.3, 0.4) is 0 Å². The van der Waals surface area contributed by atoms with Crippen molar-refractivity contribution < 1.29 is 9.90 Å². The minimum Gasteiger partial charge on any atom is -0.481 e. The van der Waals surface area contributed by atoms with Gasteiger partial charge >= 0.3 is 5.97 Å². The van der Waals surface area contributed by atoms with Crippen LogP contribution in [-0.4, -0.2) is 23.1 Å². The normalized spacial score (nSPS) is 13.7. The van der Waals surface area contributed by atoms with Crippen LogP contribution in [0.5, 0.6) is 0 Å². The molecule has 0 aliphatic rings. The second-order valence-electron chi connectivity index (χ2n) is 3.05. The number of nitrogens with one attached hydrogen (secondary N) is 1. The van der Waals surface area contributed by atoms with Crippen molar-refractivity contribution in [3.05, 3.63) is 0 Å². The molecule has 1 atom stereocenters. The van der Waals surface area contributed by atoms with Crippen LogP contribution in [0.2, 0.25) is 0 Å². The first-order chi connectivity index (χ1) is 6.60. The zero-order valence-corrected chi connectivity index (χ0v) is 8.36. The van der Waals surface area contributed by atoms with Gasteiger partial charge in [0.15, 0.2) is 0 Å². The maximum absolute atomic E-state index is 10.5. The lowest BCUT2D eigenvalue weighted by Gasteiger charge is -2.10. The van der Waals surface area contributed by atoms with Crippen molar-refractivity contribution in [2.75, 3.05) is 0 Å². The molecule has 6 nitrogen and oxygen atoms in total. The van der Waals surface area contributed by atoms with Gasteiger partial charge in [0.1, 0.15) is 0 Å². The molecule has 0 aromatic heterocycles. The number of hydrogen-bond donors (Lipinski definition) is 4. The van der Waals surface area contributed by atoms with Crippen LogP contribution in [0.15, 0.2) is 4.99 Å². The van der Waals surface area contributed by atoms with E-state index in [0.717, 1.165) is 12.8 Å². The van der Waals surface area contributed by atoms with Crippen molar-refractivity contribution in [1.29, 1.82) is 0 Å². The minimum absolute atomic E-state index is 0.0115. The monoisotopic (exact) mass is 202 g/mol. The second kappa shape index (κ2) is 7.14. The van der Waals surface area contributed by atoms with Gasteiger partial charge < -0.3 is 10.8 Å². The molecule has 6 heteroatoms. The molecule has 0 saturated carbocycles. The summed E-state index contributed by atoms with van der Waals surface area (Å²) >= 11 is 0. The highest BCUT2D eigenvalue weighted by Gasteiger charge is 2.11. The third-order valence-electron chi connectivity index (χ3n) is 1.77. The lowest BCUT2D eigenvalue weighted by molar-refractivity contribution is -0.137. The number of rotatable bonds is 6. The Bertz CT molecular complexity index is 206. The summed E-state index contributed by atoms with van der Waals surface area (Å²) in [6, 6.07) is -0.288. The van der Waals surface area contributed by atoms with Gasteiger partial charge in [0.25, 0.3) is 0 Å². The molecule has 0 aliphatic carbocycles. The van der Waals surface area contributed by atoms with Crippen molar-refractivity contribution in [2.24, 2.45) is 16.6 Å². The average Bonchev–Trinajstić information content (AvgIpc) is 2.13. The number of aliphatic imine (C=N–C) groups is 1. The van der Waals surface area contributed by atoms with Gasteiger partial charge in [-0.15, -0.1) is 0 Å². The van der Waals surface area contributed by atoms with Gasteiger partial charge in [-0.05, 0) is 6.42 Å². The van der Waals surface area contributed by atoms with E-state index in [0.29, 0.717) is 6.42 Å². The Hall–Kier alpha value is -1.30. The van der Waals surface area contributed by atoms with E-state index in [4.69, 9.17) is 16.7 Å².